The maximum atomic E-state index is 12.8. The highest BCUT2D eigenvalue weighted by Gasteiger charge is 2.27. The lowest BCUT2D eigenvalue weighted by Crippen LogP contribution is -2.36. The molecule has 0 unspecified atom stereocenters. The summed E-state index contributed by atoms with van der Waals surface area (Å²) in [4.78, 5) is 0.0964. The average Bonchev–Trinajstić information content (AvgIpc) is 2.43. The Balaban J connectivity index is 3.20. The minimum atomic E-state index is -3.67. The number of hydrogen-bond acceptors (Lipinski definition) is 3. The lowest BCUT2D eigenvalue weighted by atomic mass is 10.2. The summed E-state index contributed by atoms with van der Waals surface area (Å²) in [7, 11) is -2.13. The summed E-state index contributed by atoms with van der Waals surface area (Å²) < 4.78 is 32.0. The van der Waals surface area contributed by atoms with Gasteiger partial charge in [-0.1, -0.05) is 31.5 Å². The van der Waals surface area contributed by atoms with E-state index >= 15 is 0 Å². The maximum absolute atomic E-state index is 12.8. The second-order valence-electron chi connectivity index (χ2n) is 5.15. The molecule has 0 bridgehead atoms. The monoisotopic (exact) mass is 353 g/mol. The Morgan fingerprint density at radius 2 is 2.00 bits per heavy atom. The van der Waals surface area contributed by atoms with Crippen molar-refractivity contribution in [2.75, 3.05) is 26.8 Å². The van der Waals surface area contributed by atoms with Crippen molar-refractivity contribution in [2.45, 2.75) is 24.6 Å². The zero-order valence-corrected chi connectivity index (χ0v) is 14.8. The van der Waals surface area contributed by atoms with E-state index in [1.54, 1.807) is 19.2 Å². The third-order valence-corrected chi connectivity index (χ3v) is 5.54. The summed E-state index contributed by atoms with van der Waals surface area (Å²) in [5.74, 6) is 0.439. The van der Waals surface area contributed by atoms with Crippen LogP contribution >= 0.6 is 23.2 Å². The van der Waals surface area contributed by atoms with Crippen molar-refractivity contribution in [3.63, 3.8) is 0 Å². The highest BCUT2D eigenvalue weighted by Crippen LogP contribution is 2.27. The van der Waals surface area contributed by atoms with E-state index in [2.05, 4.69) is 0 Å². The standard InChI is InChI=1S/C14H21Cl2NO3S/c1-11(2)10-17(6-7-20-3)21(18,19)14-8-12(9-15)4-5-13(14)16/h4-5,8,11H,6-7,9-10H2,1-3H3. The molecule has 120 valence electrons. The van der Waals surface area contributed by atoms with Crippen LogP contribution in [0.4, 0.5) is 0 Å². The summed E-state index contributed by atoms with van der Waals surface area (Å²) in [5, 5.41) is 0.204. The van der Waals surface area contributed by atoms with E-state index in [-0.39, 0.29) is 21.7 Å². The van der Waals surface area contributed by atoms with Gasteiger partial charge in [-0.2, -0.15) is 4.31 Å². The molecule has 0 atom stereocenters. The quantitative estimate of drug-likeness (QED) is 0.673. The number of halogens is 2. The molecule has 0 heterocycles. The van der Waals surface area contributed by atoms with Crippen LogP contribution in [0.25, 0.3) is 0 Å². The largest absolute Gasteiger partial charge is 0.383 e. The number of nitrogens with zero attached hydrogens (tertiary/aromatic N) is 1. The molecule has 7 heteroatoms. The maximum Gasteiger partial charge on any atom is 0.244 e. The molecular weight excluding hydrogens is 333 g/mol. The van der Waals surface area contributed by atoms with Crippen molar-refractivity contribution in [3.05, 3.63) is 28.8 Å². The molecule has 1 rings (SSSR count). The molecule has 0 spiro atoms. The zero-order chi connectivity index (χ0) is 16.0. The van der Waals surface area contributed by atoms with Crippen LogP contribution in [-0.2, 0) is 20.6 Å². The van der Waals surface area contributed by atoms with E-state index in [1.807, 2.05) is 13.8 Å². The minimum Gasteiger partial charge on any atom is -0.383 e. The van der Waals surface area contributed by atoms with Crippen molar-refractivity contribution in [1.82, 2.24) is 4.31 Å². The van der Waals surface area contributed by atoms with Gasteiger partial charge in [-0.15, -0.1) is 11.6 Å². The molecule has 0 saturated heterocycles. The summed E-state index contributed by atoms with van der Waals surface area (Å²) >= 11 is 11.8. The first-order chi connectivity index (χ1) is 9.82. The Hall–Kier alpha value is -0.330. The predicted molar refractivity (Wildman–Crippen MR) is 86.5 cm³/mol. The highest BCUT2D eigenvalue weighted by atomic mass is 35.5. The van der Waals surface area contributed by atoms with Crippen molar-refractivity contribution in [1.29, 1.82) is 0 Å². The molecule has 4 nitrogen and oxygen atoms in total. The van der Waals surface area contributed by atoms with Gasteiger partial charge < -0.3 is 4.74 Å². The summed E-state index contributed by atoms with van der Waals surface area (Å²) in [6.45, 7) is 4.96. The van der Waals surface area contributed by atoms with Crippen molar-refractivity contribution in [3.8, 4) is 0 Å². The molecule has 0 aliphatic carbocycles. The molecule has 0 aromatic heterocycles. The van der Waals surface area contributed by atoms with Gasteiger partial charge in [0.15, 0.2) is 0 Å². The van der Waals surface area contributed by atoms with Crippen molar-refractivity contribution in [2.24, 2.45) is 5.92 Å². The van der Waals surface area contributed by atoms with E-state index in [0.29, 0.717) is 19.7 Å². The zero-order valence-electron chi connectivity index (χ0n) is 12.5. The van der Waals surface area contributed by atoms with Gasteiger partial charge in [0.1, 0.15) is 4.90 Å². The Labute approximate surface area is 137 Å². The van der Waals surface area contributed by atoms with Crippen LogP contribution in [0.5, 0.6) is 0 Å². The van der Waals surface area contributed by atoms with Crippen molar-refractivity contribution >= 4 is 33.2 Å². The lowest BCUT2D eigenvalue weighted by molar-refractivity contribution is 0.175. The van der Waals surface area contributed by atoms with E-state index < -0.39 is 10.0 Å². The number of rotatable bonds is 8. The normalized spacial score (nSPS) is 12.3. The third-order valence-electron chi connectivity index (χ3n) is 2.88. The van der Waals surface area contributed by atoms with Gasteiger partial charge in [-0.25, -0.2) is 8.42 Å². The first kappa shape index (κ1) is 18.7. The van der Waals surface area contributed by atoms with Gasteiger partial charge >= 0.3 is 0 Å². The Bertz CT molecular complexity index is 561. The Morgan fingerprint density at radius 1 is 1.33 bits per heavy atom. The van der Waals surface area contributed by atoms with Gasteiger partial charge in [0.05, 0.1) is 11.6 Å². The number of methoxy groups -OCH3 is 1. The molecule has 0 saturated carbocycles. The summed E-state index contributed by atoms with van der Waals surface area (Å²) in [6, 6.07) is 4.82. The smallest absolute Gasteiger partial charge is 0.244 e. The average molecular weight is 354 g/mol. The van der Waals surface area contributed by atoms with Gasteiger partial charge in [0, 0.05) is 26.1 Å². The molecule has 0 aliphatic rings. The second-order valence-corrected chi connectivity index (χ2v) is 7.73. The molecule has 1 aromatic carbocycles. The predicted octanol–water partition coefficient (Wildman–Crippen LogP) is 3.37. The topological polar surface area (TPSA) is 46.6 Å². The lowest BCUT2D eigenvalue weighted by Gasteiger charge is -2.24. The molecule has 0 N–H and O–H groups in total. The van der Waals surface area contributed by atoms with Crippen LogP contribution in [0.2, 0.25) is 5.02 Å². The Morgan fingerprint density at radius 3 is 2.52 bits per heavy atom. The van der Waals surface area contributed by atoms with Crippen LogP contribution < -0.4 is 0 Å². The molecule has 0 amide bonds. The fraction of sp³-hybridized carbons (Fsp3) is 0.571. The van der Waals surface area contributed by atoms with Crippen LogP contribution in [0, 0.1) is 5.92 Å². The summed E-state index contributed by atoms with van der Waals surface area (Å²) in [6.07, 6.45) is 0. The molecule has 1 aromatic rings. The van der Waals surface area contributed by atoms with Gasteiger partial charge in [-0.05, 0) is 23.6 Å². The number of alkyl halides is 1. The van der Waals surface area contributed by atoms with Crippen molar-refractivity contribution < 1.29 is 13.2 Å². The molecule has 0 aliphatic heterocycles. The van der Waals surface area contributed by atoms with Gasteiger partial charge in [0.2, 0.25) is 10.0 Å². The number of hydrogen-bond donors (Lipinski definition) is 0. The first-order valence-corrected chi connectivity index (χ1v) is 9.01. The summed E-state index contributed by atoms with van der Waals surface area (Å²) in [5.41, 5.74) is 0.718. The van der Waals surface area contributed by atoms with Gasteiger partial charge in [-0.3, -0.25) is 0 Å². The van der Waals surface area contributed by atoms with E-state index in [4.69, 9.17) is 27.9 Å². The fourth-order valence-corrected chi connectivity index (χ4v) is 4.16. The van der Waals surface area contributed by atoms with Crippen LogP contribution in [0.15, 0.2) is 23.1 Å². The van der Waals surface area contributed by atoms with Crippen LogP contribution in [0.3, 0.4) is 0 Å². The van der Waals surface area contributed by atoms with Gasteiger partial charge in [0.25, 0.3) is 0 Å². The van der Waals surface area contributed by atoms with E-state index in [0.717, 1.165) is 5.56 Å². The SMILES string of the molecule is COCCN(CC(C)C)S(=O)(=O)c1cc(CCl)ccc1Cl. The Kier molecular flexibility index (Phi) is 7.44. The second kappa shape index (κ2) is 8.34. The molecule has 21 heavy (non-hydrogen) atoms. The molecule has 0 radical (unpaired) electrons. The van der Waals surface area contributed by atoms with Crippen LogP contribution in [-0.4, -0.2) is 39.5 Å². The van der Waals surface area contributed by atoms with E-state index in [1.165, 1.54) is 10.4 Å². The number of ether oxygens (including phenoxy) is 1. The highest BCUT2D eigenvalue weighted by molar-refractivity contribution is 7.89. The minimum absolute atomic E-state index is 0.0964. The van der Waals surface area contributed by atoms with Crippen LogP contribution in [0.1, 0.15) is 19.4 Å². The number of benzene rings is 1. The van der Waals surface area contributed by atoms with E-state index in [9.17, 15) is 8.42 Å². The first-order valence-electron chi connectivity index (χ1n) is 6.66. The number of sulfonamides is 1. The fourth-order valence-electron chi connectivity index (χ4n) is 1.88. The third kappa shape index (κ3) is 5.11. The molecular formula is C14H21Cl2NO3S. The molecule has 0 fully saturated rings.